The summed E-state index contributed by atoms with van der Waals surface area (Å²) in [6.45, 7) is 5.68. The van der Waals surface area contributed by atoms with E-state index in [1.54, 1.807) is 25.4 Å². The highest BCUT2D eigenvalue weighted by Crippen LogP contribution is 2.12. The molecule has 1 fully saturated rings. The Balaban J connectivity index is 1.47. The molecule has 0 saturated carbocycles. The molecular weight excluding hydrogens is 344 g/mol. The summed E-state index contributed by atoms with van der Waals surface area (Å²) in [6.07, 6.45) is 1.65. The number of ether oxygens (including phenoxy) is 2. The maximum atomic E-state index is 12.4. The van der Waals surface area contributed by atoms with Gasteiger partial charge in [-0.3, -0.25) is 9.69 Å². The number of pyridine rings is 1. The molecule has 7 heteroatoms. The molecule has 7 nitrogen and oxygen atoms in total. The zero-order valence-electron chi connectivity index (χ0n) is 15.6. The fourth-order valence-corrected chi connectivity index (χ4v) is 2.86. The van der Waals surface area contributed by atoms with Gasteiger partial charge in [-0.25, -0.2) is 4.98 Å². The highest BCUT2D eigenvalue weighted by atomic mass is 16.5. The largest absolute Gasteiger partial charge is 0.497 e. The number of rotatable bonds is 8. The topological polar surface area (TPSA) is 75.7 Å². The molecule has 0 aliphatic carbocycles. The molecule has 3 rings (SSSR count). The van der Waals surface area contributed by atoms with Gasteiger partial charge in [-0.2, -0.15) is 0 Å². The number of nitrogens with one attached hydrogen (secondary N) is 2. The minimum absolute atomic E-state index is 0.121. The second kappa shape index (κ2) is 9.89. The van der Waals surface area contributed by atoms with E-state index in [-0.39, 0.29) is 5.91 Å². The fraction of sp³-hybridized carbons (Fsp3) is 0.400. The molecule has 1 amide bonds. The van der Waals surface area contributed by atoms with E-state index in [1.807, 2.05) is 24.3 Å². The Bertz CT molecular complexity index is 730. The Labute approximate surface area is 159 Å². The average molecular weight is 370 g/mol. The van der Waals surface area contributed by atoms with Crippen molar-refractivity contribution in [2.75, 3.05) is 51.8 Å². The number of benzene rings is 1. The lowest BCUT2D eigenvalue weighted by Gasteiger charge is -2.26. The Morgan fingerprint density at radius 3 is 2.74 bits per heavy atom. The number of hydrogen-bond donors (Lipinski definition) is 2. The summed E-state index contributed by atoms with van der Waals surface area (Å²) in [5.41, 5.74) is 1.61. The van der Waals surface area contributed by atoms with E-state index in [4.69, 9.17) is 9.47 Å². The SMILES string of the molecule is COc1ccc(CNC(=O)c2ccnc(NCCN3CCOCC3)c2)cc1. The number of amides is 1. The van der Waals surface area contributed by atoms with E-state index in [1.165, 1.54) is 0 Å². The Morgan fingerprint density at radius 2 is 2.00 bits per heavy atom. The maximum absolute atomic E-state index is 12.4. The van der Waals surface area contributed by atoms with E-state index in [0.717, 1.165) is 50.7 Å². The van der Waals surface area contributed by atoms with Crippen LogP contribution in [0.4, 0.5) is 5.82 Å². The molecule has 1 saturated heterocycles. The lowest BCUT2D eigenvalue weighted by Crippen LogP contribution is -2.39. The monoisotopic (exact) mass is 370 g/mol. The van der Waals surface area contributed by atoms with Gasteiger partial charge in [0.2, 0.25) is 0 Å². The lowest BCUT2D eigenvalue weighted by atomic mass is 10.2. The van der Waals surface area contributed by atoms with Crippen molar-refractivity contribution in [3.05, 3.63) is 53.7 Å². The van der Waals surface area contributed by atoms with Gasteiger partial charge in [0, 0.05) is 44.5 Å². The first-order valence-corrected chi connectivity index (χ1v) is 9.16. The van der Waals surface area contributed by atoms with Crippen LogP contribution in [0.2, 0.25) is 0 Å². The van der Waals surface area contributed by atoms with Crippen LogP contribution in [0, 0.1) is 0 Å². The van der Waals surface area contributed by atoms with E-state index in [9.17, 15) is 4.79 Å². The minimum atomic E-state index is -0.121. The zero-order chi connectivity index (χ0) is 18.9. The van der Waals surface area contributed by atoms with Gasteiger partial charge in [0.05, 0.1) is 20.3 Å². The van der Waals surface area contributed by atoms with Gasteiger partial charge < -0.3 is 20.1 Å². The van der Waals surface area contributed by atoms with Crippen molar-refractivity contribution in [2.24, 2.45) is 0 Å². The highest BCUT2D eigenvalue weighted by molar-refractivity contribution is 5.94. The summed E-state index contributed by atoms with van der Waals surface area (Å²) in [7, 11) is 1.63. The van der Waals surface area contributed by atoms with Gasteiger partial charge in [-0.1, -0.05) is 12.1 Å². The molecule has 1 aromatic heterocycles. The van der Waals surface area contributed by atoms with Crippen LogP contribution < -0.4 is 15.4 Å². The van der Waals surface area contributed by atoms with Crippen molar-refractivity contribution in [1.82, 2.24) is 15.2 Å². The summed E-state index contributed by atoms with van der Waals surface area (Å²) in [4.78, 5) is 19.0. The van der Waals surface area contributed by atoms with Gasteiger partial charge >= 0.3 is 0 Å². The van der Waals surface area contributed by atoms with Crippen LogP contribution in [0.25, 0.3) is 0 Å². The minimum Gasteiger partial charge on any atom is -0.497 e. The molecular formula is C20H26N4O3. The number of hydrogen-bond acceptors (Lipinski definition) is 6. The molecule has 1 aromatic carbocycles. The number of morpholine rings is 1. The quantitative estimate of drug-likeness (QED) is 0.738. The van der Waals surface area contributed by atoms with Crippen molar-refractivity contribution < 1.29 is 14.3 Å². The van der Waals surface area contributed by atoms with Crippen LogP contribution in [-0.2, 0) is 11.3 Å². The van der Waals surface area contributed by atoms with Crippen molar-refractivity contribution in [2.45, 2.75) is 6.54 Å². The molecule has 0 spiro atoms. The van der Waals surface area contributed by atoms with Crippen molar-refractivity contribution >= 4 is 11.7 Å². The standard InChI is InChI=1S/C20H26N4O3/c1-26-18-4-2-16(3-5-18)15-23-20(25)17-6-7-21-19(14-17)22-8-9-24-10-12-27-13-11-24/h2-7,14H,8-13,15H2,1H3,(H,21,22)(H,23,25). The van der Waals surface area contributed by atoms with Gasteiger partial charge in [0.25, 0.3) is 5.91 Å². The number of carbonyl (C=O) groups excluding carboxylic acids is 1. The smallest absolute Gasteiger partial charge is 0.251 e. The molecule has 2 heterocycles. The first-order valence-electron chi connectivity index (χ1n) is 9.16. The van der Waals surface area contributed by atoms with Crippen LogP contribution >= 0.6 is 0 Å². The first-order chi connectivity index (χ1) is 13.2. The molecule has 0 bridgehead atoms. The summed E-state index contributed by atoms with van der Waals surface area (Å²) >= 11 is 0. The zero-order valence-corrected chi connectivity index (χ0v) is 15.6. The van der Waals surface area contributed by atoms with Gasteiger partial charge in [-0.15, -0.1) is 0 Å². The summed E-state index contributed by atoms with van der Waals surface area (Å²) in [5, 5.41) is 6.22. The second-order valence-electron chi connectivity index (χ2n) is 6.34. The van der Waals surface area contributed by atoms with Crippen molar-refractivity contribution in [1.29, 1.82) is 0 Å². The lowest BCUT2D eigenvalue weighted by molar-refractivity contribution is 0.0398. The molecule has 144 valence electrons. The van der Waals surface area contributed by atoms with Crippen LogP contribution in [0.1, 0.15) is 15.9 Å². The van der Waals surface area contributed by atoms with E-state index in [2.05, 4.69) is 20.5 Å². The summed E-state index contributed by atoms with van der Waals surface area (Å²) < 4.78 is 10.5. The fourth-order valence-electron chi connectivity index (χ4n) is 2.86. The Kier molecular flexibility index (Phi) is 7.01. The van der Waals surface area contributed by atoms with E-state index >= 15 is 0 Å². The van der Waals surface area contributed by atoms with Crippen LogP contribution in [0.15, 0.2) is 42.6 Å². The molecule has 0 atom stereocenters. The van der Waals surface area contributed by atoms with Crippen molar-refractivity contribution in [3.63, 3.8) is 0 Å². The number of nitrogens with zero attached hydrogens (tertiary/aromatic N) is 2. The molecule has 2 N–H and O–H groups in total. The van der Waals surface area contributed by atoms with Gasteiger partial charge in [0.1, 0.15) is 11.6 Å². The van der Waals surface area contributed by atoms with Gasteiger partial charge in [-0.05, 0) is 29.8 Å². The van der Waals surface area contributed by atoms with Crippen LogP contribution in [0.5, 0.6) is 5.75 Å². The van der Waals surface area contributed by atoms with Gasteiger partial charge in [0.15, 0.2) is 0 Å². The normalized spacial score (nSPS) is 14.6. The average Bonchev–Trinajstić information content (AvgIpc) is 2.73. The third-order valence-corrected chi connectivity index (χ3v) is 4.47. The van der Waals surface area contributed by atoms with Crippen LogP contribution in [0.3, 0.4) is 0 Å². The number of aromatic nitrogens is 1. The molecule has 0 unspecified atom stereocenters. The predicted octanol–water partition coefficient (Wildman–Crippen LogP) is 1.76. The molecule has 0 radical (unpaired) electrons. The summed E-state index contributed by atoms with van der Waals surface area (Å²) in [6, 6.07) is 11.1. The first kappa shape index (κ1) is 19.1. The summed E-state index contributed by atoms with van der Waals surface area (Å²) in [5.74, 6) is 1.39. The Morgan fingerprint density at radius 1 is 1.22 bits per heavy atom. The second-order valence-corrected chi connectivity index (χ2v) is 6.34. The molecule has 1 aliphatic heterocycles. The van der Waals surface area contributed by atoms with E-state index < -0.39 is 0 Å². The number of carbonyl (C=O) groups is 1. The third-order valence-electron chi connectivity index (χ3n) is 4.47. The van der Waals surface area contributed by atoms with Crippen LogP contribution in [-0.4, -0.2) is 62.3 Å². The molecule has 27 heavy (non-hydrogen) atoms. The third kappa shape index (κ3) is 5.94. The predicted molar refractivity (Wildman–Crippen MR) is 104 cm³/mol. The highest BCUT2D eigenvalue weighted by Gasteiger charge is 2.10. The molecule has 2 aromatic rings. The molecule has 1 aliphatic rings. The maximum Gasteiger partial charge on any atom is 0.251 e. The van der Waals surface area contributed by atoms with E-state index in [0.29, 0.717) is 17.9 Å². The number of methoxy groups -OCH3 is 1. The van der Waals surface area contributed by atoms with Crippen molar-refractivity contribution in [3.8, 4) is 5.75 Å². The Hall–Kier alpha value is -2.64. The number of anilines is 1.